The summed E-state index contributed by atoms with van der Waals surface area (Å²) in [6, 6.07) is 0.101. The summed E-state index contributed by atoms with van der Waals surface area (Å²) in [6.07, 6.45) is 6.38. The van der Waals surface area contributed by atoms with Crippen LogP contribution in [0.1, 0.15) is 25.7 Å². The highest BCUT2D eigenvalue weighted by Crippen LogP contribution is 2.18. The van der Waals surface area contributed by atoms with Gasteiger partial charge in [0.1, 0.15) is 0 Å². The maximum absolute atomic E-state index is 9.89. The molecule has 1 aliphatic rings. The Balaban J connectivity index is 2.22. The van der Waals surface area contributed by atoms with Crippen LogP contribution in [0.4, 0.5) is 0 Å². The van der Waals surface area contributed by atoms with E-state index in [-0.39, 0.29) is 6.04 Å². The van der Waals surface area contributed by atoms with Gasteiger partial charge in [0.2, 0.25) is 0 Å². The van der Waals surface area contributed by atoms with Crippen molar-refractivity contribution < 1.29 is 0 Å². The Morgan fingerprint density at radius 2 is 2.50 bits per heavy atom. The number of nitroso groups, excluding NO2 is 1. The summed E-state index contributed by atoms with van der Waals surface area (Å²) in [5.74, 6) is 0. The van der Waals surface area contributed by atoms with Crippen molar-refractivity contribution in [3.63, 3.8) is 0 Å². The van der Waals surface area contributed by atoms with E-state index in [2.05, 4.69) is 11.6 Å². The predicted molar refractivity (Wildman–Crippen MR) is 32.4 cm³/mol. The van der Waals surface area contributed by atoms with E-state index in [0.29, 0.717) is 0 Å². The van der Waals surface area contributed by atoms with Crippen molar-refractivity contribution in [2.45, 2.75) is 31.7 Å². The Labute approximate surface area is 49.3 Å². The molecule has 2 nitrogen and oxygen atoms in total. The molecule has 1 radical (unpaired) electrons. The van der Waals surface area contributed by atoms with Crippen molar-refractivity contribution in [3.05, 3.63) is 11.3 Å². The van der Waals surface area contributed by atoms with Gasteiger partial charge in [-0.25, -0.2) is 0 Å². The first-order chi connectivity index (χ1) is 3.93. The molecule has 0 heterocycles. The molecule has 1 rings (SSSR count). The first kappa shape index (κ1) is 5.73. The zero-order valence-electron chi connectivity index (χ0n) is 4.84. The van der Waals surface area contributed by atoms with Gasteiger partial charge < -0.3 is 0 Å². The van der Waals surface area contributed by atoms with Gasteiger partial charge in [0.25, 0.3) is 0 Å². The molecular weight excluding hydrogens is 102 g/mol. The van der Waals surface area contributed by atoms with Crippen LogP contribution in [0.5, 0.6) is 0 Å². The van der Waals surface area contributed by atoms with Gasteiger partial charge in [-0.15, -0.1) is 0 Å². The van der Waals surface area contributed by atoms with Gasteiger partial charge in [0.05, 0.1) is 6.04 Å². The molecule has 1 saturated carbocycles. The second-order valence-electron chi connectivity index (χ2n) is 2.21. The Kier molecular flexibility index (Phi) is 2.00. The van der Waals surface area contributed by atoms with E-state index in [1.165, 1.54) is 6.42 Å². The Bertz CT molecular complexity index is 76.6. The molecule has 1 aliphatic carbocycles. The third kappa shape index (κ3) is 1.29. The first-order valence-electron chi connectivity index (χ1n) is 3.07. The summed E-state index contributed by atoms with van der Waals surface area (Å²) in [4.78, 5) is 9.89. The fourth-order valence-corrected chi connectivity index (χ4v) is 1.02. The Morgan fingerprint density at radius 3 is 2.88 bits per heavy atom. The van der Waals surface area contributed by atoms with E-state index in [9.17, 15) is 4.91 Å². The molecule has 0 aromatic rings. The van der Waals surface area contributed by atoms with Gasteiger partial charge in [0, 0.05) is 0 Å². The van der Waals surface area contributed by atoms with Crippen LogP contribution in [0.2, 0.25) is 0 Å². The topological polar surface area (TPSA) is 29.4 Å². The molecular formula is C6H10NO. The number of hydrogen-bond donors (Lipinski definition) is 0. The molecule has 0 aromatic carbocycles. The molecule has 2 heteroatoms. The second-order valence-corrected chi connectivity index (χ2v) is 2.21. The molecule has 0 aliphatic heterocycles. The average Bonchev–Trinajstić information content (AvgIpc) is 1.90. The Morgan fingerprint density at radius 1 is 1.62 bits per heavy atom. The highest BCUT2D eigenvalue weighted by molar-refractivity contribution is 4.81. The van der Waals surface area contributed by atoms with Crippen molar-refractivity contribution in [1.29, 1.82) is 0 Å². The van der Waals surface area contributed by atoms with Crippen molar-refractivity contribution in [2.24, 2.45) is 5.18 Å². The number of rotatable bonds is 1. The quantitative estimate of drug-likeness (QED) is 0.476. The van der Waals surface area contributed by atoms with E-state index >= 15 is 0 Å². The lowest BCUT2D eigenvalue weighted by molar-refractivity contribution is 0.512. The van der Waals surface area contributed by atoms with Crippen molar-refractivity contribution >= 4 is 0 Å². The highest BCUT2D eigenvalue weighted by atomic mass is 16.3. The minimum Gasteiger partial charge on any atom is -0.151 e. The smallest absolute Gasteiger partial charge is 0.0922 e. The van der Waals surface area contributed by atoms with Crippen molar-refractivity contribution in [1.82, 2.24) is 0 Å². The molecule has 0 amide bonds. The maximum atomic E-state index is 9.89. The zero-order chi connectivity index (χ0) is 5.82. The first-order valence-corrected chi connectivity index (χ1v) is 3.07. The van der Waals surface area contributed by atoms with E-state index < -0.39 is 0 Å². The zero-order valence-corrected chi connectivity index (χ0v) is 4.84. The second kappa shape index (κ2) is 2.80. The summed E-state index contributed by atoms with van der Waals surface area (Å²) in [5, 5.41) is 2.97. The third-order valence-electron chi connectivity index (χ3n) is 1.53. The van der Waals surface area contributed by atoms with Crippen molar-refractivity contribution in [3.8, 4) is 0 Å². The molecule has 0 spiro atoms. The van der Waals surface area contributed by atoms with Crippen LogP contribution in [0, 0.1) is 11.3 Å². The predicted octanol–water partition coefficient (Wildman–Crippen LogP) is 1.90. The van der Waals surface area contributed by atoms with Gasteiger partial charge in [-0.2, -0.15) is 4.91 Å². The van der Waals surface area contributed by atoms with E-state index in [1.54, 1.807) is 0 Å². The van der Waals surface area contributed by atoms with E-state index in [1.807, 2.05) is 0 Å². The summed E-state index contributed by atoms with van der Waals surface area (Å²) in [7, 11) is 0. The van der Waals surface area contributed by atoms with Crippen LogP contribution in [0.15, 0.2) is 5.18 Å². The van der Waals surface area contributed by atoms with Crippen LogP contribution in [-0.4, -0.2) is 6.04 Å². The standard InChI is InChI=1S/C6H10NO/c8-7-6-4-2-1-3-5-6/h2,6H,1,3-5H2. The summed E-state index contributed by atoms with van der Waals surface area (Å²) in [5.41, 5.74) is 0. The van der Waals surface area contributed by atoms with Crippen LogP contribution < -0.4 is 0 Å². The third-order valence-corrected chi connectivity index (χ3v) is 1.53. The molecule has 0 saturated heterocycles. The average molecular weight is 112 g/mol. The lowest BCUT2D eigenvalue weighted by atomic mass is 9.96. The fraction of sp³-hybridized carbons (Fsp3) is 0.833. The molecule has 1 fully saturated rings. The largest absolute Gasteiger partial charge is 0.151 e. The fourth-order valence-electron chi connectivity index (χ4n) is 1.02. The van der Waals surface area contributed by atoms with E-state index in [4.69, 9.17) is 0 Å². The molecule has 0 aromatic heterocycles. The molecule has 1 atom stereocenters. The van der Waals surface area contributed by atoms with Gasteiger partial charge in [0.15, 0.2) is 0 Å². The minimum absolute atomic E-state index is 0.101. The summed E-state index contributed by atoms with van der Waals surface area (Å²) < 4.78 is 0. The summed E-state index contributed by atoms with van der Waals surface area (Å²) >= 11 is 0. The molecule has 0 bridgehead atoms. The van der Waals surface area contributed by atoms with Crippen LogP contribution in [-0.2, 0) is 0 Å². The SMILES string of the molecule is O=NC1C[CH]CCC1. The van der Waals surface area contributed by atoms with Gasteiger partial charge in [-0.3, -0.25) is 0 Å². The molecule has 0 N–H and O–H groups in total. The van der Waals surface area contributed by atoms with Crippen LogP contribution in [0.3, 0.4) is 0 Å². The lowest BCUT2D eigenvalue weighted by Crippen LogP contribution is -2.08. The molecule has 8 heavy (non-hydrogen) atoms. The van der Waals surface area contributed by atoms with Gasteiger partial charge in [-0.1, -0.05) is 18.0 Å². The van der Waals surface area contributed by atoms with Gasteiger partial charge in [-0.05, 0) is 19.3 Å². The summed E-state index contributed by atoms with van der Waals surface area (Å²) in [6.45, 7) is 0. The van der Waals surface area contributed by atoms with Gasteiger partial charge >= 0.3 is 0 Å². The Hall–Kier alpha value is -0.400. The maximum Gasteiger partial charge on any atom is 0.0922 e. The van der Waals surface area contributed by atoms with E-state index in [0.717, 1.165) is 19.3 Å². The monoisotopic (exact) mass is 112 g/mol. The normalized spacial score (nSPS) is 23.0. The minimum atomic E-state index is 0.101. The van der Waals surface area contributed by atoms with Crippen molar-refractivity contribution in [2.75, 3.05) is 0 Å². The number of hydrogen-bond acceptors (Lipinski definition) is 2. The number of nitrogens with zero attached hydrogens (tertiary/aromatic N) is 1. The van der Waals surface area contributed by atoms with Crippen LogP contribution in [0.25, 0.3) is 0 Å². The molecule has 45 valence electrons. The molecule has 1 unspecified atom stereocenters. The lowest BCUT2D eigenvalue weighted by Gasteiger charge is -2.12. The van der Waals surface area contributed by atoms with Crippen LogP contribution >= 0.6 is 0 Å². The highest BCUT2D eigenvalue weighted by Gasteiger charge is 2.12.